The molecular formula is C20H19F3N4O2S2. The van der Waals surface area contributed by atoms with E-state index in [9.17, 15) is 21.6 Å². The van der Waals surface area contributed by atoms with Crippen LogP contribution in [0.3, 0.4) is 0 Å². The highest BCUT2D eigenvalue weighted by Crippen LogP contribution is 2.40. The number of hydrogen-bond acceptors (Lipinski definition) is 5. The molecule has 1 aromatic heterocycles. The molecule has 0 saturated carbocycles. The van der Waals surface area contributed by atoms with Gasteiger partial charge in [-0.05, 0) is 52.8 Å². The van der Waals surface area contributed by atoms with E-state index in [1.165, 1.54) is 16.7 Å². The van der Waals surface area contributed by atoms with Crippen molar-refractivity contribution in [3.8, 4) is 11.1 Å². The van der Waals surface area contributed by atoms with Crippen molar-refractivity contribution in [2.24, 2.45) is 0 Å². The molecule has 0 fully saturated rings. The largest absolute Gasteiger partial charge is 0.416 e. The molecule has 4 rings (SSSR count). The Kier molecular flexibility index (Phi) is 5.52. The van der Waals surface area contributed by atoms with Gasteiger partial charge in [0.2, 0.25) is 5.13 Å². The van der Waals surface area contributed by atoms with E-state index in [0.29, 0.717) is 11.1 Å². The van der Waals surface area contributed by atoms with Crippen molar-refractivity contribution in [3.63, 3.8) is 0 Å². The lowest BCUT2D eigenvalue weighted by atomic mass is 9.84. The summed E-state index contributed by atoms with van der Waals surface area (Å²) in [5, 5.41) is 0.188. The number of aromatic nitrogens is 2. The zero-order chi connectivity index (χ0) is 22.4. The van der Waals surface area contributed by atoms with Crippen molar-refractivity contribution in [2.45, 2.75) is 32.5 Å². The molecule has 1 N–H and O–H groups in total. The number of benzene rings is 2. The lowest BCUT2D eigenvalue weighted by Gasteiger charge is -2.33. The minimum atomic E-state index is -4.40. The van der Waals surface area contributed by atoms with E-state index in [1.54, 1.807) is 13.0 Å². The van der Waals surface area contributed by atoms with Crippen molar-refractivity contribution in [2.75, 3.05) is 11.3 Å². The summed E-state index contributed by atoms with van der Waals surface area (Å²) in [6, 6.07) is 9.23. The molecule has 2 heterocycles. The van der Waals surface area contributed by atoms with Crippen LogP contribution in [0.5, 0.6) is 0 Å². The summed E-state index contributed by atoms with van der Waals surface area (Å²) in [4.78, 5) is 3.86. The fourth-order valence-corrected chi connectivity index (χ4v) is 5.82. The summed E-state index contributed by atoms with van der Waals surface area (Å²) < 4.78 is 72.3. The summed E-state index contributed by atoms with van der Waals surface area (Å²) >= 11 is 0.946. The number of rotatable bonds is 4. The van der Waals surface area contributed by atoms with E-state index in [0.717, 1.165) is 40.4 Å². The van der Waals surface area contributed by atoms with Crippen molar-refractivity contribution in [1.29, 1.82) is 0 Å². The zero-order valence-corrected chi connectivity index (χ0v) is 18.3. The third-order valence-corrected chi connectivity index (χ3v) is 7.39. The highest BCUT2D eigenvalue weighted by Gasteiger charge is 2.34. The number of alkyl halides is 3. The highest BCUT2D eigenvalue weighted by molar-refractivity contribution is 7.90. The number of hydrogen-bond donors (Lipinski definition) is 1. The quantitative estimate of drug-likeness (QED) is 0.596. The monoisotopic (exact) mass is 468 g/mol. The molecule has 0 amide bonds. The number of aryl methyl sites for hydroxylation is 1. The van der Waals surface area contributed by atoms with Crippen LogP contribution in [0.4, 0.5) is 18.3 Å². The van der Waals surface area contributed by atoms with Crippen LogP contribution in [0.15, 0.2) is 42.7 Å². The normalized spacial score (nSPS) is 17.4. The lowest BCUT2D eigenvalue weighted by Crippen LogP contribution is -2.41. The van der Waals surface area contributed by atoms with Gasteiger partial charge in [-0.15, -0.1) is 0 Å². The summed E-state index contributed by atoms with van der Waals surface area (Å²) in [7, 11) is -3.82. The average Bonchev–Trinajstić information content (AvgIpc) is 3.19. The summed E-state index contributed by atoms with van der Waals surface area (Å²) in [6.07, 6.45) is -3.13. The van der Waals surface area contributed by atoms with Crippen molar-refractivity contribution < 1.29 is 21.6 Å². The van der Waals surface area contributed by atoms with Gasteiger partial charge in [-0.2, -0.15) is 30.3 Å². The number of fused-ring (bicyclic) bond motifs is 1. The molecule has 6 nitrogen and oxygen atoms in total. The van der Waals surface area contributed by atoms with Gasteiger partial charge < -0.3 is 0 Å². The predicted octanol–water partition coefficient (Wildman–Crippen LogP) is 4.81. The Morgan fingerprint density at radius 3 is 2.61 bits per heavy atom. The Balaban J connectivity index is 1.69. The Morgan fingerprint density at radius 2 is 1.97 bits per heavy atom. The molecule has 1 atom stereocenters. The van der Waals surface area contributed by atoms with Crippen molar-refractivity contribution in [3.05, 3.63) is 65.0 Å². The van der Waals surface area contributed by atoms with Crippen molar-refractivity contribution >= 4 is 26.9 Å². The van der Waals surface area contributed by atoms with E-state index >= 15 is 0 Å². The molecule has 2 aromatic carbocycles. The van der Waals surface area contributed by atoms with Crippen LogP contribution in [0.25, 0.3) is 11.1 Å². The molecule has 0 spiro atoms. The molecule has 31 heavy (non-hydrogen) atoms. The Morgan fingerprint density at radius 1 is 1.19 bits per heavy atom. The van der Waals surface area contributed by atoms with Crippen LogP contribution in [-0.2, 0) is 22.9 Å². The van der Waals surface area contributed by atoms with Gasteiger partial charge in [0.1, 0.15) is 6.33 Å². The maximum atomic E-state index is 13.1. The van der Waals surface area contributed by atoms with Gasteiger partial charge in [0.05, 0.1) is 5.56 Å². The predicted molar refractivity (Wildman–Crippen MR) is 113 cm³/mol. The van der Waals surface area contributed by atoms with E-state index in [2.05, 4.69) is 14.1 Å². The second-order valence-electron chi connectivity index (χ2n) is 7.45. The maximum absolute atomic E-state index is 13.1. The van der Waals surface area contributed by atoms with Gasteiger partial charge in [0.25, 0.3) is 0 Å². The van der Waals surface area contributed by atoms with Gasteiger partial charge in [-0.1, -0.05) is 31.2 Å². The minimum absolute atomic E-state index is 0.154. The topological polar surface area (TPSA) is 75.2 Å². The van der Waals surface area contributed by atoms with Crippen LogP contribution in [-0.4, -0.2) is 28.6 Å². The van der Waals surface area contributed by atoms with Crippen LogP contribution in [0, 0.1) is 6.92 Å². The third kappa shape index (κ3) is 4.30. The first-order valence-corrected chi connectivity index (χ1v) is 11.6. The van der Waals surface area contributed by atoms with Crippen LogP contribution >= 0.6 is 11.5 Å². The Hall–Kier alpha value is -2.50. The Labute approximate surface area is 182 Å². The molecule has 0 bridgehead atoms. The molecule has 164 valence electrons. The third-order valence-electron chi connectivity index (χ3n) is 5.27. The fraction of sp³-hybridized carbons (Fsp3) is 0.300. The highest BCUT2D eigenvalue weighted by atomic mass is 32.2. The number of nitrogens with zero attached hydrogens (tertiary/aromatic N) is 3. The molecule has 1 aliphatic rings. The molecule has 1 aliphatic heterocycles. The first-order chi connectivity index (χ1) is 14.6. The van der Waals surface area contributed by atoms with Gasteiger partial charge in [-0.3, -0.25) is 0 Å². The van der Waals surface area contributed by atoms with Crippen molar-refractivity contribution in [1.82, 2.24) is 13.7 Å². The maximum Gasteiger partial charge on any atom is 0.416 e. The molecule has 0 saturated heterocycles. The van der Waals surface area contributed by atoms with E-state index < -0.39 is 21.9 Å². The lowest BCUT2D eigenvalue weighted by molar-refractivity contribution is -0.137. The van der Waals surface area contributed by atoms with E-state index in [1.807, 2.05) is 19.1 Å². The van der Waals surface area contributed by atoms with Crippen LogP contribution in [0.2, 0.25) is 0 Å². The van der Waals surface area contributed by atoms with Gasteiger partial charge >= 0.3 is 16.4 Å². The van der Waals surface area contributed by atoms with Gasteiger partial charge in [-0.25, -0.2) is 9.71 Å². The smallest absolute Gasteiger partial charge is 0.244 e. The summed E-state index contributed by atoms with van der Waals surface area (Å²) in [6.45, 7) is 3.95. The fourth-order valence-electron chi connectivity index (χ4n) is 3.94. The zero-order valence-electron chi connectivity index (χ0n) is 16.6. The molecular weight excluding hydrogens is 449 g/mol. The standard InChI is InChI=1S/C20H19F3N4O2S2/c1-12-8-15(20(21,22)23)6-7-16(12)17-5-3-4-14-10-27(9-13(2)18(14)17)31(28,29)26-19-24-11-25-30-19/h3-8,11,13H,9-10H2,1-2H3,(H,24,25,26). The first-order valence-electron chi connectivity index (χ1n) is 9.41. The summed E-state index contributed by atoms with van der Waals surface area (Å²) in [5.74, 6) is -0.160. The second-order valence-corrected chi connectivity index (χ2v) is 9.90. The SMILES string of the molecule is Cc1cc(C(F)(F)F)ccc1-c1cccc2c1C(C)CN(S(=O)(=O)Nc1ncns1)C2. The Bertz CT molecular complexity index is 1210. The molecule has 0 radical (unpaired) electrons. The minimum Gasteiger partial charge on any atom is -0.244 e. The number of anilines is 1. The molecule has 11 heteroatoms. The van der Waals surface area contributed by atoms with Crippen LogP contribution < -0.4 is 4.72 Å². The number of nitrogens with one attached hydrogen (secondary N) is 1. The average molecular weight is 469 g/mol. The molecule has 3 aromatic rings. The number of halogens is 3. The van der Waals surface area contributed by atoms with Crippen LogP contribution in [0.1, 0.15) is 35.1 Å². The van der Waals surface area contributed by atoms with Gasteiger partial charge in [0, 0.05) is 24.6 Å². The van der Waals surface area contributed by atoms with E-state index in [-0.39, 0.29) is 24.1 Å². The molecule has 0 aliphatic carbocycles. The second kappa shape index (κ2) is 7.88. The molecule has 1 unspecified atom stereocenters. The summed E-state index contributed by atoms with van der Waals surface area (Å²) in [5.41, 5.74) is 3.13. The van der Waals surface area contributed by atoms with Gasteiger partial charge in [0.15, 0.2) is 0 Å². The van der Waals surface area contributed by atoms with E-state index in [4.69, 9.17) is 0 Å². The first kappa shape index (κ1) is 21.7.